The van der Waals surface area contributed by atoms with Crippen molar-refractivity contribution >= 4 is 34.6 Å². The van der Waals surface area contributed by atoms with E-state index >= 15 is 0 Å². The first-order valence-corrected chi connectivity index (χ1v) is 12.0. The minimum atomic E-state index is -0.203. The summed E-state index contributed by atoms with van der Waals surface area (Å²) in [6, 6.07) is 21.2. The van der Waals surface area contributed by atoms with Gasteiger partial charge in [0.25, 0.3) is 0 Å². The van der Waals surface area contributed by atoms with Gasteiger partial charge in [0.1, 0.15) is 24.2 Å². The highest BCUT2D eigenvalue weighted by atomic mass is 35.5. The highest BCUT2D eigenvalue weighted by molar-refractivity contribution is 7.80. The number of methoxy groups -OCH3 is 1. The number of ether oxygens (including phenoxy) is 2. The summed E-state index contributed by atoms with van der Waals surface area (Å²) in [4.78, 5) is 11.3. The molecule has 2 atom stereocenters. The number of aromatic nitrogens is 3. The van der Waals surface area contributed by atoms with Gasteiger partial charge in [-0.3, -0.25) is 4.98 Å². The molecule has 35 heavy (non-hydrogen) atoms. The summed E-state index contributed by atoms with van der Waals surface area (Å²) in [5, 5.41) is 4.57. The summed E-state index contributed by atoms with van der Waals surface area (Å²) in [5.74, 6) is 1.42. The van der Waals surface area contributed by atoms with Crippen molar-refractivity contribution in [2.75, 3.05) is 25.2 Å². The van der Waals surface area contributed by atoms with Gasteiger partial charge in [-0.05, 0) is 66.8 Å². The van der Waals surface area contributed by atoms with Gasteiger partial charge in [0.15, 0.2) is 5.11 Å². The second-order valence-corrected chi connectivity index (χ2v) is 8.74. The third-order valence-corrected chi connectivity index (χ3v) is 6.43. The molecule has 0 saturated carbocycles. The van der Waals surface area contributed by atoms with Crippen LogP contribution in [0.1, 0.15) is 23.5 Å². The number of hydrogen-bond donors (Lipinski definition) is 1. The molecule has 9 heteroatoms. The molecule has 0 aliphatic carbocycles. The average molecular weight is 506 g/mol. The van der Waals surface area contributed by atoms with Gasteiger partial charge in [-0.1, -0.05) is 23.7 Å². The summed E-state index contributed by atoms with van der Waals surface area (Å²) in [7, 11) is 1.63. The van der Waals surface area contributed by atoms with Gasteiger partial charge in [0.2, 0.25) is 0 Å². The Bertz CT molecular complexity index is 1300. The normalized spacial score (nSPS) is 17.4. The Labute approximate surface area is 214 Å². The molecule has 0 radical (unpaired) electrons. The predicted molar refractivity (Wildman–Crippen MR) is 140 cm³/mol. The first kappa shape index (κ1) is 23.3. The zero-order valence-electron chi connectivity index (χ0n) is 19.0. The molecule has 3 aromatic heterocycles. The second kappa shape index (κ2) is 10.4. The molecule has 0 bridgehead atoms. The maximum atomic E-state index is 6.60. The van der Waals surface area contributed by atoms with Crippen molar-refractivity contribution in [2.45, 2.75) is 12.1 Å². The third kappa shape index (κ3) is 4.73. The van der Waals surface area contributed by atoms with E-state index in [2.05, 4.69) is 30.8 Å². The molecule has 1 aliphatic heterocycles. The van der Waals surface area contributed by atoms with Crippen LogP contribution in [0.2, 0.25) is 5.02 Å². The quantitative estimate of drug-likeness (QED) is 0.263. The molecule has 178 valence electrons. The minimum absolute atomic E-state index is 0.183. The number of anilines is 1. The van der Waals surface area contributed by atoms with Crippen molar-refractivity contribution in [3.8, 4) is 11.6 Å². The topological polar surface area (TPSA) is 64.4 Å². The SMILES string of the molecule is COCCOc1ccc(N2C(=S)N[C@@H](c3ccccn3)[C@H]2c2cccn2-c2ccccn2)cc1Cl. The number of nitrogens with one attached hydrogen (secondary N) is 1. The Morgan fingerprint density at radius 3 is 2.54 bits per heavy atom. The van der Waals surface area contributed by atoms with Gasteiger partial charge in [-0.15, -0.1) is 0 Å². The fourth-order valence-corrected chi connectivity index (χ4v) is 4.84. The molecule has 1 aliphatic rings. The van der Waals surface area contributed by atoms with Gasteiger partial charge in [-0.25, -0.2) is 4.98 Å². The number of pyridine rings is 2. The zero-order valence-corrected chi connectivity index (χ0v) is 20.6. The summed E-state index contributed by atoms with van der Waals surface area (Å²) in [5.41, 5.74) is 2.76. The Balaban J connectivity index is 1.58. The first-order chi connectivity index (χ1) is 17.2. The first-order valence-electron chi connectivity index (χ1n) is 11.2. The van der Waals surface area contributed by atoms with E-state index in [0.717, 1.165) is 22.9 Å². The van der Waals surface area contributed by atoms with Crippen molar-refractivity contribution < 1.29 is 9.47 Å². The molecule has 7 nitrogen and oxygen atoms in total. The lowest BCUT2D eigenvalue weighted by atomic mass is 10.0. The largest absolute Gasteiger partial charge is 0.490 e. The van der Waals surface area contributed by atoms with E-state index < -0.39 is 0 Å². The van der Waals surface area contributed by atoms with Crippen LogP contribution < -0.4 is 15.0 Å². The van der Waals surface area contributed by atoms with Crippen LogP contribution in [-0.2, 0) is 4.74 Å². The van der Waals surface area contributed by atoms with Crippen LogP contribution in [0.5, 0.6) is 5.75 Å². The van der Waals surface area contributed by atoms with E-state index in [0.29, 0.717) is 29.1 Å². The Kier molecular flexibility index (Phi) is 6.94. The molecule has 1 N–H and O–H groups in total. The molecular formula is C26H24ClN5O2S. The summed E-state index contributed by atoms with van der Waals surface area (Å²) in [6.45, 7) is 0.901. The molecule has 0 amide bonds. The molecule has 1 aromatic carbocycles. The summed E-state index contributed by atoms with van der Waals surface area (Å²) in [6.07, 6.45) is 5.58. The van der Waals surface area contributed by atoms with E-state index in [9.17, 15) is 0 Å². The van der Waals surface area contributed by atoms with Gasteiger partial charge >= 0.3 is 0 Å². The number of benzene rings is 1. The lowest BCUT2D eigenvalue weighted by Gasteiger charge is -2.29. The van der Waals surface area contributed by atoms with E-state index in [-0.39, 0.29) is 12.1 Å². The van der Waals surface area contributed by atoms with Crippen molar-refractivity contribution in [3.05, 3.63) is 102 Å². The Hall–Kier alpha value is -3.46. The molecular weight excluding hydrogens is 482 g/mol. The van der Waals surface area contributed by atoms with E-state index in [1.54, 1.807) is 19.5 Å². The fourth-order valence-electron chi connectivity index (χ4n) is 4.27. The fraction of sp³-hybridized carbons (Fsp3) is 0.192. The van der Waals surface area contributed by atoms with Gasteiger partial charge < -0.3 is 24.3 Å². The summed E-state index contributed by atoms with van der Waals surface area (Å²) >= 11 is 12.4. The predicted octanol–water partition coefficient (Wildman–Crippen LogP) is 5.12. The van der Waals surface area contributed by atoms with Gasteiger partial charge in [0.05, 0.1) is 23.4 Å². The van der Waals surface area contributed by atoms with E-state index in [4.69, 9.17) is 33.3 Å². The highest BCUT2D eigenvalue weighted by Gasteiger charge is 2.42. The Morgan fingerprint density at radius 1 is 1.00 bits per heavy atom. The number of thiocarbonyl (C=S) groups is 1. The van der Waals surface area contributed by atoms with Gasteiger partial charge in [0, 0.05) is 37.1 Å². The standard InChI is InChI=1S/C26H24ClN5O2S/c1-33-15-16-34-22-11-10-18(17-19(22)27)32-25(24(30-26(32)35)20-7-2-4-12-28-20)21-8-6-14-31(21)23-9-3-5-13-29-23/h2-14,17,24-25H,15-16H2,1H3,(H,30,35)/t24-,25+/m0/s1. The van der Waals surface area contributed by atoms with Crippen LogP contribution in [0.4, 0.5) is 5.69 Å². The van der Waals surface area contributed by atoms with E-state index in [1.807, 2.05) is 66.9 Å². The van der Waals surface area contributed by atoms with Crippen LogP contribution in [0.25, 0.3) is 5.82 Å². The number of hydrogen-bond acceptors (Lipinski definition) is 5. The number of halogens is 1. The van der Waals surface area contributed by atoms with Crippen molar-refractivity contribution in [1.29, 1.82) is 0 Å². The molecule has 4 heterocycles. The average Bonchev–Trinajstić information content (AvgIpc) is 3.50. The molecule has 4 aromatic rings. The van der Waals surface area contributed by atoms with E-state index in [1.165, 1.54) is 0 Å². The smallest absolute Gasteiger partial charge is 0.174 e. The van der Waals surface area contributed by atoms with Crippen molar-refractivity contribution in [3.63, 3.8) is 0 Å². The molecule has 0 unspecified atom stereocenters. The third-order valence-electron chi connectivity index (χ3n) is 5.82. The lowest BCUT2D eigenvalue weighted by molar-refractivity contribution is 0.146. The van der Waals surface area contributed by atoms with Crippen LogP contribution in [0.15, 0.2) is 85.3 Å². The van der Waals surface area contributed by atoms with Crippen molar-refractivity contribution in [2.24, 2.45) is 0 Å². The second-order valence-electron chi connectivity index (χ2n) is 7.94. The molecule has 0 spiro atoms. The lowest BCUT2D eigenvalue weighted by Crippen LogP contribution is -2.30. The number of nitrogens with zero attached hydrogens (tertiary/aromatic N) is 4. The van der Waals surface area contributed by atoms with Crippen LogP contribution in [0, 0.1) is 0 Å². The van der Waals surface area contributed by atoms with Gasteiger partial charge in [-0.2, -0.15) is 0 Å². The molecule has 5 rings (SSSR count). The van der Waals surface area contributed by atoms with Crippen LogP contribution in [-0.4, -0.2) is 40.0 Å². The zero-order chi connectivity index (χ0) is 24.2. The van der Waals surface area contributed by atoms with Crippen LogP contribution >= 0.6 is 23.8 Å². The highest BCUT2D eigenvalue weighted by Crippen LogP contribution is 2.43. The summed E-state index contributed by atoms with van der Waals surface area (Å²) < 4.78 is 12.9. The monoisotopic (exact) mass is 505 g/mol. The Morgan fingerprint density at radius 2 is 1.83 bits per heavy atom. The molecule has 1 saturated heterocycles. The maximum Gasteiger partial charge on any atom is 0.174 e. The number of rotatable bonds is 8. The van der Waals surface area contributed by atoms with Crippen molar-refractivity contribution in [1.82, 2.24) is 19.9 Å². The molecule has 1 fully saturated rings. The maximum absolute atomic E-state index is 6.60. The minimum Gasteiger partial charge on any atom is -0.490 e. The van der Waals surface area contributed by atoms with Crippen LogP contribution in [0.3, 0.4) is 0 Å².